The van der Waals surface area contributed by atoms with Crippen molar-refractivity contribution in [1.29, 1.82) is 0 Å². The van der Waals surface area contributed by atoms with Crippen molar-refractivity contribution in [3.63, 3.8) is 0 Å². The van der Waals surface area contributed by atoms with Gasteiger partial charge in [-0.25, -0.2) is 4.98 Å². The predicted molar refractivity (Wildman–Crippen MR) is 106 cm³/mol. The lowest BCUT2D eigenvalue weighted by molar-refractivity contribution is 0.102. The Kier molecular flexibility index (Phi) is 6.14. The molecule has 5 nitrogen and oxygen atoms in total. The maximum absolute atomic E-state index is 12.8. The highest BCUT2D eigenvalue weighted by atomic mass is 32.2. The van der Waals surface area contributed by atoms with E-state index in [1.165, 1.54) is 0 Å². The summed E-state index contributed by atoms with van der Waals surface area (Å²) in [5.74, 6) is 1.78. The van der Waals surface area contributed by atoms with Gasteiger partial charge in [-0.05, 0) is 12.1 Å². The van der Waals surface area contributed by atoms with Gasteiger partial charge in [0.25, 0.3) is 5.91 Å². The molecule has 3 rings (SSSR count). The van der Waals surface area contributed by atoms with Gasteiger partial charge in [0.05, 0.1) is 31.0 Å². The fraction of sp³-hybridized carbons (Fsp3) is 0.158. The molecule has 26 heavy (non-hydrogen) atoms. The molecule has 0 saturated carbocycles. The fourth-order valence-corrected chi connectivity index (χ4v) is 3.93. The van der Waals surface area contributed by atoms with Crippen molar-refractivity contribution in [3.05, 3.63) is 64.6 Å². The SMILES string of the molecule is COc1cc(NC(=O)c2ccccc2SCc2cscn2)cc(OC)c1. The van der Waals surface area contributed by atoms with Crippen molar-refractivity contribution in [2.24, 2.45) is 0 Å². The van der Waals surface area contributed by atoms with Crippen molar-refractivity contribution in [3.8, 4) is 11.5 Å². The van der Waals surface area contributed by atoms with E-state index in [1.54, 1.807) is 55.5 Å². The number of carbonyl (C=O) groups excluding carboxylic acids is 1. The number of nitrogens with one attached hydrogen (secondary N) is 1. The second-order valence-electron chi connectivity index (χ2n) is 5.32. The predicted octanol–water partition coefficient (Wildman–Crippen LogP) is 4.70. The zero-order chi connectivity index (χ0) is 18.4. The Morgan fingerprint density at radius 2 is 1.88 bits per heavy atom. The monoisotopic (exact) mass is 386 g/mol. The van der Waals surface area contributed by atoms with Crippen molar-refractivity contribution < 1.29 is 14.3 Å². The van der Waals surface area contributed by atoms with Crippen LogP contribution in [-0.2, 0) is 5.75 Å². The quantitative estimate of drug-likeness (QED) is 0.596. The average Bonchev–Trinajstić information content (AvgIpc) is 3.19. The van der Waals surface area contributed by atoms with Crippen molar-refractivity contribution in [2.75, 3.05) is 19.5 Å². The second kappa shape index (κ2) is 8.73. The third-order valence-corrected chi connectivity index (χ3v) is 5.34. The molecule has 0 aliphatic heterocycles. The standard InChI is InChI=1S/C19H18N2O3S2/c1-23-15-7-13(8-16(9-15)24-2)21-19(22)17-5-3-4-6-18(17)26-11-14-10-25-12-20-14/h3-10,12H,11H2,1-2H3,(H,21,22). The zero-order valence-electron chi connectivity index (χ0n) is 14.4. The van der Waals surface area contributed by atoms with E-state index in [0.29, 0.717) is 22.7 Å². The molecule has 0 radical (unpaired) electrons. The summed E-state index contributed by atoms with van der Waals surface area (Å²) in [6, 6.07) is 12.8. The Bertz CT molecular complexity index is 860. The van der Waals surface area contributed by atoms with Crippen molar-refractivity contribution in [1.82, 2.24) is 4.98 Å². The van der Waals surface area contributed by atoms with Gasteiger partial charge in [-0.15, -0.1) is 23.1 Å². The van der Waals surface area contributed by atoms with E-state index >= 15 is 0 Å². The van der Waals surface area contributed by atoms with E-state index < -0.39 is 0 Å². The molecule has 0 fully saturated rings. The molecule has 0 bridgehead atoms. The molecule has 1 heterocycles. The third kappa shape index (κ3) is 4.56. The van der Waals surface area contributed by atoms with E-state index in [-0.39, 0.29) is 5.91 Å². The van der Waals surface area contributed by atoms with E-state index in [4.69, 9.17) is 9.47 Å². The Morgan fingerprint density at radius 3 is 2.54 bits per heavy atom. The second-order valence-corrected chi connectivity index (χ2v) is 7.06. The summed E-state index contributed by atoms with van der Waals surface area (Å²) in [7, 11) is 3.15. The molecule has 2 aromatic carbocycles. The minimum absolute atomic E-state index is 0.179. The minimum Gasteiger partial charge on any atom is -0.497 e. The van der Waals surface area contributed by atoms with Gasteiger partial charge in [-0.3, -0.25) is 4.79 Å². The minimum atomic E-state index is -0.179. The zero-order valence-corrected chi connectivity index (χ0v) is 16.0. The van der Waals surface area contributed by atoms with E-state index in [9.17, 15) is 4.79 Å². The van der Waals surface area contributed by atoms with Gasteiger partial charge in [0.15, 0.2) is 0 Å². The summed E-state index contributed by atoms with van der Waals surface area (Å²) < 4.78 is 10.5. The highest BCUT2D eigenvalue weighted by molar-refractivity contribution is 7.98. The first kappa shape index (κ1) is 18.3. The molecule has 0 atom stereocenters. The van der Waals surface area contributed by atoms with Gasteiger partial charge < -0.3 is 14.8 Å². The van der Waals surface area contributed by atoms with Gasteiger partial charge >= 0.3 is 0 Å². The molecule has 1 amide bonds. The molecule has 0 aliphatic carbocycles. The van der Waals surface area contributed by atoms with Crippen LogP contribution in [-0.4, -0.2) is 25.1 Å². The number of anilines is 1. The summed E-state index contributed by atoms with van der Waals surface area (Å²) in [5.41, 5.74) is 4.05. The summed E-state index contributed by atoms with van der Waals surface area (Å²) in [5, 5.41) is 4.93. The van der Waals surface area contributed by atoms with Gasteiger partial charge in [0, 0.05) is 39.9 Å². The lowest BCUT2D eigenvalue weighted by atomic mass is 10.2. The van der Waals surface area contributed by atoms with Crippen molar-refractivity contribution in [2.45, 2.75) is 10.6 Å². The summed E-state index contributed by atoms with van der Waals surface area (Å²) >= 11 is 3.16. The van der Waals surface area contributed by atoms with Crippen LogP contribution in [0.1, 0.15) is 16.1 Å². The number of amides is 1. The number of rotatable bonds is 7. The van der Waals surface area contributed by atoms with Crippen LogP contribution in [0.5, 0.6) is 11.5 Å². The number of aromatic nitrogens is 1. The summed E-state index contributed by atoms with van der Waals surface area (Å²) in [6.45, 7) is 0. The summed E-state index contributed by atoms with van der Waals surface area (Å²) in [4.78, 5) is 18.0. The topological polar surface area (TPSA) is 60.5 Å². The molecular weight excluding hydrogens is 368 g/mol. The van der Waals surface area contributed by atoms with Crippen LogP contribution >= 0.6 is 23.1 Å². The number of nitrogens with zero attached hydrogens (tertiary/aromatic N) is 1. The van der Waals surface area contributed by atoms with Crippen LogP contribution in [0.25, 0.3) is 0 Å². The number of thiazole rings is 1. The normalized spacial score (nSPS) is 10.4. The highest BCUT2D eigenvalue weighted by Gasteiger charge is 2.13. The lowest BCUT2D eigenvalue weighted by Gasteiger charge is -2.12. The molecule has 134 valence electrons. The van der Waals surface area contributed by atoms with Crippen LogP contribution in [0.3, 0.4) is 0 Å². The molecular formula is C19H18N2O3S2. The number of thioether (sulfide) groups is 1. The van der Waals surface area contributed by atoms with Gasteiger partial charge in [0.1, 0.15) is 11.5 Å². The van der Waals surface area contributed by atoms with Crippen LogP contribution in [0.15, 0.2) is 58.3 Å². The summed E-state index contributed by atoms with van der Waals surface area (Å²) in [6.07, 6.45) is 0. The van der Waals surface area contributed by atoms with Gasteiger partial charge in [0.2, 0.25) is 0 Å². The van der Waals surface area contributed by atoms with Crippen LogP contribution in [0, 0.1) is 0 Å². The molecule has 3 aromatic rings. The average molecular weight is 386 g/mol. The van der Waals surface area contributed by atoms with E-state index in [1.807, 2.05) is 35.2 Å². The number of methoxy groups -OCH3 is 2. The Hall–Kier alpha value is -2.51. The number of hydrogen-bond acceptors (Lipinski definition) is 6. The molecule has 7 heteroatoms. The Balaban J connectivity index is 1.77. The van der Waals surface area contributed by atoms with Gasteiger partial charge in [-0.1, -0.05) is 12.1 Å². The molecule has 0 unspecified atom stereocenters. The first-order valence-electron chi connectivity index (χ1n) is 7.83. The molecule has 0 saturated heterocycles. The van der Waals surface area contributed by atoms with Crippen LogP contribution in [0.2, 0.25) is 0 Å². The van der Waals surface area contributed by atoms with Crippen molar-refractivity contribution >= 4 is 34.7 Å². The maximum Gasteiger partial charge on any atom is 0.256 e. The fourth-order valence-electron chi connectivity index (χ4n) is 2.32. The molecule has 0 aliphatic rings. The number of ether oxygens (including phenoxy) is 2. The number of benzene rings is 2. The first-order chi connectivity index (χ1) is 12.7. The smallest absolute Gasteiger partial charge is 0.256 e. The van der Waals surface area contributed by atoms with Crippen LogP contribution in [0.4, 0.5) is 5.69 Å². The first-order valence-corrected chi connectivity index (χ1v) is 9.75. The Morgan fingerprint density at radius 1 is 1.15 bits per heavy atom. The maximum atomic E-state index is 12.8. The largest absolute Gasteiger partial charge is 0.497 e. The lowest BCUT2D eigenvalue weighted by Crippen LogP contribution is -2.13. The highest BCUT2D eigenvalue weighted by Crippen LogP contribution is 2.29. The van der Waals surface area contributed by atoms with E-state index in [2.05, 4.69) is 10.3 Å². The number of carbonyl (C=O) groups is 1. The van der Waals surface area contributed by atoms with E-state index in [0.717, 1.165) is 16.3 Å². The van der Waals surface area contributed by atoms with Gasteiger partial charge in [-0.2, -0.15) is 0 Å². The molecule has 1 N–H and O–H groups in total. The molecule has 0 spiro atoms. The third-order valence-electron chi connectivity index (χ3n) is 3.60. The Labute approximate surface area is 160 Å². The molecule has 1 aromatic heterocycles. The number of hydrogen-bond donors (Lipinski definition) is 1. The van der Waals surface area contributed by atoms with Crippen LogP contribution < -0.4 is 14.8 Å².